The van der Waals surface area contributed by atoms with Gasteiger partial charge < -0.3 is 10.5 Å². The van der Waals surface area contributed by atoms with Crippen LogP contribution in [-0.4, -0.2) is 7.11 Å². The van der Waals surface area contributed by atoms with Gasteiger partial charge in [0.2, 0.25) is 0 Å². The van der Waals surface area contributed by atoms with Crippen molar-refractivity contribution >= 4 is 0 Å². The molecule has 0 radical (unpaired) electrons. The van der Waals surface area contributed by atoms with Crippen LogP contribution in [-0.2, 0) is 12.0 Å². The molecule has 0 spiro atoms. The minimum absolute atomic E-state index is 0.156. The molecule has 2 N–H and O–H groups in total. The molecule has 100 valence electrons. The molecule has 1 aromatic rings. The van der Waals surface area contributed by atoms with Crippen LogP contribution >= 0.6 is 0 Å². The number of methoxy groups -OCH3 is 1. The molecule has 2 heteroatoms. The fourth-order valence-electron chi connectivity index (χ4n) is 2.71. The zero-order chi connectivity index (χ0) is 13.4. The number of hydrogen-bond acceptors (Lipinski definition) is 2. The number of fused-ring (bicyclic) bond motifs is 1. The van der Waals surface area contributed by atoms with Gasteiger partial charge in [0.25, 0.3) is 0 Å². The van der Waals surface area contributed by atoms with E-state index in [1.165, 1.54) is 11.1 Å². The number of aryl methyl sites for hydroxylation is 1. The Kier molecular flexibility index (Phi) is 3.41. The molecule has 1 unspecified atom stereocenters. The predicted molar refractivity (Wildman–Crippen MR) is 75.9 cm³/mol. The normalized spacial score (nSPS) is 22.9. The maximum absolute atomic E-state index is 6.65. The zero-order valence-electron chi connectivity index (χ0n) is 12.0. The molecule has 0 fully saturated rings. The average Bonchev–Trinajstić information content (AvgIpc) is 2.64. The van der Waals surface area contributed by atoms with Crippen molar-refractivity contribution in [2.45, 2.75) is 52.0 Å². The summed E-state index contributed by atoms with van der Waals surface area (Å²) in [7, 11) is 1.71. The largest absolute Gasteiger partial charge is 0.497 e. The second-order valence-corrected chi connectivity index (χ2v) is 6.74. The van der Waals surface area contributed by atoms with Gasteiger partial charge in [-0.2, -0.15) is 0 Å². The summed E-state index contributed by atoms with van der Waals surface area (Å²) >= 11 is 0. The summed E-state index contributed by atoms with van der Waals surface area (Å²) < 4.78 is 5.32. The molecular weight excluding hydrogens is 222 g/mol. The van der Waals surface area contributed by atoms with E-state index in [1.54, 1.807) is 7.11 Å². The second-order valence-electron chi connectivity index (χ2n) is 6.74. The third-order valence-corrected chi connectivity index (χ3v) is 4.02. The van der Waals surface area contributed by atoms with Crippen molar-refractivity contribution in [1.29, 1.82) is 0 Å². The Bertz CT molecular complexity index is 433. The maximum Gasteiger partial charge on any atom is 0.119 e. The average molecular weight is 247 g/mol. The van der Waals surface area contributed by atoms with Crippen molar-refractivity contribution in [2.24, 2.45) is 11.1 Å². The summed E-state index contributed by atoms with van der Waals surface area (Å²) in [6.45, 7) is 6.83. The van der Waals surface area contributed by atoms with E-state index in [0.29, 0.717) is 5.41 Å². The van der Waals surface area contributed by atoms with Gasteiger partial charge in [-0.15, -0.1) is 0 Å². The quantitative estimate of drug-likeness (QED) is 0.885. The Morgan fingerprint density at radius 1 is 1.33 bits per heavy atom. The summed E-state index contributed by atoms with van der Waals surface area (Å²) in [5.41, 5.74) is 9.52. The van der Waals surface area contributed by atoms with Gasteiger partial charge in [-0.3, -0.25) is 0 Å². The lowest BCUT2D eigenvalue weighted by molar-refractivity contribution is 0.292. The lowest BCUT2D eigenvalue weighted by atomic mass is 9.81. The Morgan fingerprint density at radius 3 is 2.67 bits per heavy atom. The van der Waals surface area contributed by atoms with Crippen molar-refractivity contribution < 1.29 is 4.74 Å². The molecule has 18 heavy (non-hydrogen) atoms. The van der Waals surface area contributed by atoms with E-state index < -0.39 is 0 Å². The topological polar surface area (TPSA) is 35.2 Å². The molecular formula is C16H25NO. The van der Waals surface area contributed by atoms with Gasteiger partial charge in [0.05, 0.1) is 7.11 Å². The Morgan fingerprint density at radius 2 is 2.06 bits per heavy atom. The number of rotatable bonds is 3. The molecule has 1 aromatic carbocycles. The number of ether oxygens (including phenoxy) is 1. The molecule has 0 bridgehead atoms. The van der Waals surface area contributed by atoms with Crippen LogP contribution in [0.2, 0.25) is 0 Å². The van der Waals surface area contributed by atoms with Crippen LogP contribution in [0.25, 0.3) is 0 Å². The van der Waals surface area contributed by atoms with Crippen molar-refractivity contribution in [3.8, 4) is 5.75 Å². The second kappa shape index (κ2) is 4.58. The Balaban J connectivity index is 2.23. The SMILES string of the molecule is COc1ccc2c(c1)C(N)(CCC(C)(C)C)CC2. The number of hydrogen-bond donors (Lipinski definition) is 1. The first-order chi connectivity index (χ1) is 8.34. The first kappa shape index (κ1) is 13.4. The van der Waals surface area contributed by atoms with E-state index in [4.69, 9.17) is 10.5 Å². The maximum atomic E-state index is 6.65. The van der Waals surface area contributed by atoms with Gasteiger partial charge in [-0.1, -0.05) is 26.8 Å². The summed E-state index contributed by atoms with van der Waals surface area (Å²) in [4.78, 5) is 0. The van der Waals surface area contributed by atoms with Crippen molar-refractivity contribution in [3.05, 3.63) is 29.3 Å². The molecule has 0 aromatic heterocycles. The van der Waals surface area contributed by atoms with Crippen LogP contribution in [0.4, 0.5) is 0 Å². The highest BCUT2D eigenvalue weighted by molar-refractivity contribution is 5.43. The van der Waals surface area contributed by atoms with Crippen LogP contribution in [0, 0.1) is 5.41 Å². The van der Waals surface area contributed by atoms with Crippen molar-refractivity contribution in [1.82, 2.24) is 0 Å². The fourth-order valence-corrected chi connectivity index (χ4v) is 2.71. The van der Waals surface area contributed by atoms with E-state index in [1.807, 2.05) is 6.07 Å². The Hall–Kier alpha value is -1.02. The van der Waals surface area contributed by atoms with Crippen molar-refractivity contribution in [2.75, 3.05) is 7.11 Å². The molecule has 2 rings (SSSR count). The molecule has 0 heterocycles. The first-order valence-electron chi connectivity index (χ1n) is 6.80. The van der Waals surface area contributed by atoms with E-state index >= 15 is 0 Å². The van der Waals surface area contributed by atoms with Gasteiger partial charge in [0.1, 0.15) is 5.75 Å². The molecule has 2 nitrogen and oxygen atoms in total. The lowest BCUT2D eigenvalue weighted by Gasteiger charge is -2.29. The van der Waals surface area contributed by atoms with Crippen LogP contribution < -0.4 is 10.5 Å². The number of nitrogens with two attached hydrogens (primary N) is 1. The van der Waals surface area contributed by atoms with Gasteiger partial charge >= 0.3 is 0 Å². The molecule has 1 aliphatic rings. The zero-order valence-corrected chi connectivity index (χ0v) is 12.0. The standard InChI is InChI=1S/C16H25NO/c1-15(2,3)9-10-16(17)8-7-12-5-6-13(18-4)11-14(12)16/h5-6,11H,7-10,17H2,1-4H3. The fraction of sp³-hybridized carbons (Fsp3) is 0.625. The smallest absolute Gasteiger partial charge is 0.119 e. The van der Waals surface area contributed by atoms with Crippen molar-refractivity contribution in [3.63, 3.8) is 0 Å². The van der Waals surface area contributed by atoms with Crippen LogP contribution in [0.15, 0.2) is 18.2 Å². The van der Waals surface area contributed by atoms with Crippen LogP contribution in [0.3, 0.4) is 0 Å². The molecule has 0 aliphatic heterocycles. The minimum atomic E-state index is -0.156. The van der Waals surface area contributed by atoms with Crippen LogP contribution in [0.5, 0.6) is 5.75 Å². The van der Waals surface area contributed by atoms with E-state index in [-0.39, 0.29) is 5.54 Å². The van der Waals surface area contributed by atoms with E-state index in [2.05, 4.69) is 32.9 Å². The molecule has 0 saturated heterocycles. The molecule has 0 saturated carbocycles. The summed E-state index contributed by atoms with van der Waals surface area (Å²) in [6, 6.07) is 6.33. The highest BCUT2D eigenvalue weighted by Gasteiger charge is 2.35. The molecule has 1 aliphatic carbocycles. The third kappa shape index (κ3) is 2.69. The van der Waals surface area contributed by atoms with Crippen LogP contribution in [0.1, 0.15) is 51.2 Å². The van der Waals surface area contributed by atoms with Gasteiger partial charge in [-0.25, -0.2) is 0 Å². The highest BCUT2D eigenvalue weighted by Crippen LogP contribution is 2.41. The molecule has 0 amide bonds. The monoisotopic (exact) mass is 247 g/mol. The first-order valence-corrected chi connectivity index (χ1v) is 6.80. The molecule has 1 atom stereocenters. The lowest BCUT2D eigenvalue weighted by Crippen LogP contribution is -2.35. The summed E-state index contributed by atoms with van der Waals surface area (Å²) in [5, 5.41) is 0. The van der Waals surface area contributed by atoms with Gasteiger partial charge in [-0.05, 0) is 54.4 Å². The van der Waals surface area contributed by atoms with Gasteiger partial charge in [0, 0.05) is 5.54 Å². The third-order valence-electron chi connectivity index (χ3n) is 4.02. The predicted octanol–water partition coefficient (Wildman–Crippen LogP) is 3.62. The summed E-state index contributed by atoms with van der Waals surface area (Å²) in [6.07, 6.45) is 4.36. The van der Waals surface area contributed by atoms with Gasteiger partial charge in [0.15, 0.2) is 0 Å². The van der Waals surface area contributed by atoms with E-state index in [9.17, 15) is 0 Å². The number of benzene rings is 1. The highest BCUT2D eigenvalue weighted by atomic mass is 16.5. The Labute approximate surface area is 111 Å². The van der Waals surface area contributed by atoms with E-state index in [0.717, 1.165) is 31.4 Å². The summed E-state index contributed by atoms with van der Waals surface area (Å²) in [5.74, 6) is 0.918. The minimum Gasteiger partial charge on any atom is -0.497 e.